The van der Waals surface area contributed by atoms with Crippen molar-refractivity contribution in [2.45, 2.75) is 17.4 Å². The lowest BCUT2D eigenvalue weighted by molar-refractivity contribution is 0.583. The molecule has 0 saturated carbocycles. The third-order valence-corrected chi connectivity index (χ3v) is 4.56. The second-order valence-electron chi connectivity index (χ2n) is 4.41. The monoisotopic (exact) mass is 335 g/mol. The van der Waals surface area contributed by atoms with E-state index in [0.717, 1.165) is 10.9 Å². The summed E-state index contributed by atoms with van der Waals surface area (Å²) >= 11 is 5.28. The normalized spacial score (nSPS) is 12.4. The second kappa shape index (κ2) is 7.13. The van der Waals surface area contributed by atoms with E-state index >= 15 is 0 Å². The van der Waals surface area contributed by atoms with Gasteiger partial charge in [-0.1, -0.05) is 46.3 Å². The molecule has 1 atom stereocenters. The lowest BCUT2D eigenvalue weighted by Gasteiger charge is -2.19. The summed E-state index contributed by atoms with van der Waals surface area (Å²) < 4.78 is 1.13. The van der Waals surface area contributed by atoms with Crippen LogP contribution >= 0.6 is 27.7 Å². The summed E-state index contributed by atoms with van der Waals surface area (Å²) in [5.41, 5.74) is 2.72. The highest BCUT2D eigenvalue weighted by Gasteiger charge is 2.13. The van der Waals surface area contributed by atoms with Gasteiger partial charge in [-0.25, -0.2) is 0 Å². The first-order valence-corrected chi connectivity index (χ1v) is 8.31. The van der Waals surface area contributed by atoms with Crippen LogP contribution < -0.4 is 5.32 Å². The van der Waals surface area contributed by atoms with Gasteiger partial charge < -0.3 is 5.32 Å². The van der Waals surface area contributed by atoms with E-state index in [9.17, 15) is 0 Å². The van der Waals surface area contributed by atoms with Crippen LogP contribution in [0.25, 0.3) is 0 Å². The summed E-state index contributed by atoms with van der Waals surface area (Å²) in [6.07, 6.45) is 3.13. The lowest BCUT2D eigenvalue weighted by atomic mass is 9.99. The minimum Gasteiger partial charge on any atom is -0.313 e. The zero-order valence-electron chi connectivity index (χ0n) is 11.2. The van der Waals surface area contributed by atoms with Gasteiger partial charge in [-0.3, -0.25) is 0 Å². The van der Waals surface area contributed by atoms with E-state index < -0.39 is 0 Å². The van der Waals surface area contributed by atoms with Gasteiger partial charge in [0.15, 0.2) is 0 Å². The van der Waals surface area contributed by atoms with Crippen LogP contribution in [0, 0.1) is 0 Å². The van der Waals surface area contributed by atoms with Crippen LogP contribution in [0.3, 0.4) is 0 Å². The third-order valence-electron chi connectivity index (χ3n) is 3.22. The maximum Gasteiger partial charge on any atom is 0.0369 e. The minimum atomic E-state index is 0.352. The predicted octanol–water partition coefficient (Wildman–Crippen LogP) is 4.67. The molecule has 3 heteroatoms. The van der Waals surface area contributed by atoms with Crippen molar-refractivity contribution in [3.05, 3.63) is 64.1 Å². The van der Waals surface area contributed by atoms with Crippen molar-refractivity contribution in [1.29, 1.82) is 0 Å². The van der Waals surface area contributed by atoms with E-state index in [1.165, 1.54) is 16.0 Å². The number of benzene rings is 2. The number of rotatable bonds is 5. The molecule has 19 heavy (non-hydrogen) atoms. The van der Waals surface area contributed by atoms with Crippen molar-refractivity contribution in [3.8, 4) is 0 Å². The van der Waals surface area contributed by atoms with Crippen molar-refractivity contribution in [1.82, 2.24) is 5.32 Å². The molecule has 0 radical (unpaired) electrons. The molecule has 1 nitrogen and oxygen atoms in total. The van der Waals surface area contributed by atoms with Crippen molar-refractivity contribution in [3.63, 3.8) is 0 Å². The van der Waals surface area contributed by atoms with Gasteiger partial charge >= 0.3 is 0 Å². The second-order valence-corrected chi connectivity index (χ2v) is 6.18. The fourth-order valence-electron chi connectivity index (χ4n) is 2.18. The third kappa shape index (κ3) is 3.85. The zero-order chi connectivity index (χ0) is 13.7. The summed E-state index contributed by atoms with van der Waals surface area (Å²) in [7, 11) is 2.03. The van der Waals surface area contributed by atoms with Crippen LogP contribution in [0.2, 0.25) is 0 Å². The van der Waals surface area contributed by atoms with E-state index in [1.807, 2.05) is 7.05 Å². The molecule has 0 amide bonds. The summed E-state index contributed by atoms with van der Waals surface area (Å²) in [4.78, 5) is 1.35. The molecule has 0 aromatic heterocycles. The Labute approximate surface area is 127 Å². The number of hydrogen-bond acceptors (Lipinski definition) is 2. The molecule has 0 aliphatic carbocycles. The first-order valence-electron chi connectivity index (χ1n) is 6.29. The van der Waals surface area contributed by atoms with E-state index in [0.29, 0.717) is 6.04 Å². The van der Waals surface area contributed by atoms with Gasteiger partial charge in [-0.2, -0.15) is 0 Å². The van der Waals surface area contributed by atoms with Crippen molar-refractivity contribution in [2.75, 3.05) is 13.3 Å². The molecule has 0 bridgehead atoms. The Morgan fingerprint density at radius 2 is 1.79 bits per heavy atom. The van der Waals surface area contributed by atoms with Gasteiger partial charge in [0.1, 0.15) is 0 Å². The Bertz CT molecular complexity index is 525. The first-order chi connectivity index (χ1) is 9.24. The van der Waals surface area contributed by atoms with Crippen LogP contribution in [0.1, 0.15) is 17.2 Å². The molecule has 0 saturated heterocycles. The molecule has 2 rings (SSSR count). The van der Waals surface area contributed by atoms with Crippen molar-refractivity contribution in [2.24, 2.45) is 0 Å². The van der Waals surface area contributed by atoms with Gasteiger partial charge in [0.05, 0.1) is 0 Å². The largest absolute Gasteiger partial charge is 0.313 e. The highest BCUT2D eigenvalue weighted by atomic mass is 79.9. The van der Waals surface area contributed by atoms with Crippen LogP contribution in [-0.2, 0) is 6.42 Å². The number of hydrogen-bond donors (Lipinski definition) is 1. The van der Waals surface area contributed by atoms with Crippen molar-refractivity contribution < 1.29 is 0 Å². The SMILES string of the molecule is CNC(Cc1ccc(Br)cc1)c1ccccc1SC. The summed E-state index contributed by atoms with van der Waals surface area (Å²) in [5.74, 6) is 0. The quantitative estimate of drug-likeness (QED) is 0.796. The zero-order valence-corrected chi connectivity index (χ0v) is 13.6. The van der Waals surface area contributed by atoms with Crippen LogP contribution in [0.4, 0.5) is 0 Å². The molecule has 100 valence electrons. The molecule has 0 heterocycles. The Morgan fingerprint density at radius 1 is 1.11 bits per heavy atom. The van der Waals surface area contributed by atoms with Gasteiger partial charge in [-0.15, -0.1) is 11.8 Å². The van der Waals surface area contributed by atoms with E-state index in [1.54, 1.807) is 11.8 Å². The summed E-state index contributed by atoms with van der Waals surface area (Å²) in [6.45, 7) is 0. The summed E-state index contributed by atoms with van der Waals surface area (Å²) in [5, 5.41) is 3.43. The van der Waals surface area contributed by atoms with E-state index in [4.69, 9.17) is 0 Å². The Morgan fingerprint density at radius 3 is 2.42 bits per heavy atom. The maximum absolute atomic E-state index is 3.48. The highest BCUT2D eigenvalue weighted by Crippen LogP contribution is 2.28. The minimum absolute atomic E-state index is 0.352. The smallest absolute Gasteiger partial charge is 0.0369 e. The van der Waals surface area contributed by atoms with Crippen LogP contribution in [-0.4, -0.2) is 13.3 Å². The predicted molar refractivity (Wildman–Crippen MR) is 87.9 cm³/mol. The topological polar surface area (TPSA) is 12.0 Å². The molecular formula is C16H18BrNS. The fourth-order valence-corrected chi connectivity index (χ4v) is 3.10. The summed E-state index contributed by atoms with van der Waals surface area (Å²) in [6, 6.07) is 17.5. The highest BCUT2D eigenvalue weighted by molar-refractivity contribution is 9.10. The number of halogens is 1. The van der Waals surface area contributed by atoms with Gasteiger partial charge in [0.25, 0.3) is 0 Å². The molecule has 2 aromatic carbocycles. The number of thioether (sulfide) groups is 1. The molecule has 0 aliphatic heterocycles. The Kier molecular flexibility index (Phi) is 5.49. The average Bonchev–Trinajstić information content (AvgIpc) is 2.46. The number of nitrogens with one attached hydrogen (secondary N) is 1. The van der Waals surface area contributed by atoms with Gasteiger partial charge in [0.2, 0.25) is 0 Å². The van der Waals surface area contributed by atoms with Gasteiger partial charge in [-0.05, 0) is 49.1 Å². The molecule has 1 unspecified atom stereocenters. The number of likely N-dealkylation sites (N-methyl/N-ethyl adjacent to an activating group) is 1. The molecule has 0 aliphatic rings. The van der Waals surface area contributed by atoms with E-state index in [2.05, 4.69) is 76.0 Å². The lowest BCUT2D eigenvalue weighted by Crippen LogP contribution is -2.19. The molecular weight excluding hydrogens is 318 g/mol. The standard InChI is InChI=1S/C16H18BrNS/c1-18-15(11-12-7-9-13(17)10-8-12)14-5-3-4-6-16(14)19-2/h3-10,15,18H,11H2,1-2H3. The molecule has 0 fully saturated rings. The van der Waals surface area contributed by atoms with E-state index in [-0.39, 0.29) is 0 Å². The van der Waals surface area contributed by atoms with Crippen LogP contribution in [0.15, 0.2) is 57.9 Å². The first kappa shape index (κ1) is 14.6. The molecule has 2 aromatic rings. The molecule has 0 spiro atoms. The molecule has 1 N–H and O–H groups in total. The average molecular weight is 336 g/mol. The Balaban J connectivity index is 2.22. The van der Waals surface area contributed by atoms with Crippen LogP contribution in [0.5, 0.6) is 0 Å². The van der Waals surface area contributed by atoms with Crippen molar-refractivity contribution >= 4 is 27.7 Å². The fraction of sp³-hybridized carbons (Fsp3) is 0.250. The maximum atomic E-state index is 3.48. The van der Waals surface area contributed by atoms with Gasteiger partial charge in [0, 0.05) is 15.4 Å². The Hall–Kier alpha value is -0.770.